The third-order valence-corrected chi connectivity index (χ3v) is 4.02. The molecule has 1 unspecified atom stereocenters. The monoisotopic (exact) mass is 254 g/mol. The molecule has 1 fully saturated rings. The van der Waals surface area contributed by atoms with Gasteiger partial charge in [0.1, 0.15) is 5.75 Å². The molecule has 0 saturated carbocycles. The van der Waals surface area contributed by atoms with E-state index in [-0.39, 0.29) is 6.29 Å². The maximum absolute atomic E-state index is 5.49. The minimum atomic E-state index is -0.0443. The van der Waals surface area contributed by atoms with Crippen LogP contribution in [0.1, 0.15) is 6.92 Å². The van der Waals surface area contributed by atoms with E-state index in [1.165, 1.54) is 4.90 Å². The number of thioether (sulfide) groups is 1. The van der Waals surface area contributed by atoms with Crippen LogP contribution in [0.25, 0.3) is 0 Å². The van der Waals surface area contributed by atoms with Crippen LogP contribution in [-0.2, 0) is 9.47 Å². The molecule has 4 heteroatoms. The molecule has 1 aliphatic rings. The lowest BCUT2D eigenvalue weighted by molar-refractivity contribution is -0.0719. The number of ether oxygens (including phenoxy) is 3. The molecule has 0 aliphatic carbocycles. The topological polar surface area (TPSA) is 27.7 Å². The maximum Gasteiger partial charge on any atom is 0.161 e. The van der Waals surface area contributed by atoms with E-state index in [0.717, 1.165) is 11.5 Å². The Morgan fingerprint density at radius 2 is 2.06 bits per heavy atom. The predicted octanol–water partition coefficient (Wildman–Crippen LogP) is 2.80. The van der Waals surface area contributed by atoms with Crippen molar-refractivity contribution in [2.45, 2.75) is 18.1 Å². The fourth-order valence-corrected chi connectivity index (χ4v) is 2.81. The summed E-state index contributed by atoms with van der Waals surface area (Å²) in [6.07, 6.45) is -0.0443. The first-order valence-corrected chi connectivity index (χ1v) is 6.79. The Morgan fingerprint density at radius 1 is 1.35 bits per heavy atom. The van der Waals surface area contributed by atoms with Crippen LogP contribution >= 0.6 is 11.8 Å². The van der Waals surface area contributed by atoms with Crippen molar-refractivity contribution >= 4 is 11.8 Å². The van der Waals surface area contributed by atoms with E-state index in [1.807, 2.05) is 18.2 Å². The molecule has 17 heavy (non-hydrogen) atoms. The van der Waals surface area contributed by atoms with Crippen LogP contribution in [-0.4, -0.2) is 32.4 Å². The predicted molar refractivity (Wildman–Crippen MR) is 68.6 cm³/mol. The Bertz CT molecular complexity index is 350. The number of rotatable bonds is 5. The van der Waals surface area contributed by atoms with Gasteiger partial charge in [-0.25, -0.2) is 0 Å². The summed E-state index contributed by atoms with van der Waals surface area (Å²) in [7, 11) is 1.70. The van der Waals surface area contributed by atoms with Gasteiger partial charge in [0.25, 0.3) is 0 Å². The van der Waals surface area contributed by atoms with Gasteiger partial charge in [-0.1, -0.05) is 19.1 Å². The van der Waals surface area contributed by atoms with E-state index in [2.05, 4.69) is 13.0 Å². The lowest BCUT2D eigenvalue weighted by Gasteiger charge is -2.17. The molecule has 0 radical (unpaired) electrons. The first kappa shape index (κ1) is 12.7. The second-order valence-corrected chi connectivity index (χ2v) is 5.11. The van der Waals surface area contributed by atoms with Crippen LogP contribution in [0.3, 0.4) is 0 Å². The van der Waals surface area contributed by atoms with Gasteiger partial charge in [-0.05, 0) is 12.1 Å². The molecule has 0 amide bonds. The second-order valence-electron chi connectivity index (χ2n) is 4.05. The highest BCUT2D eigenvalue weighted by Crippen LogP contribution is 2.31. The van der Waals surface area contributed by atoms with Gasteiger partial charge >= 0.3 is 0 Å². The van der Waals surface area contributed by atoms with E-state index >= 15 is 0 Å². The number of hydrogen-bond donors (Lipinski definition) is 0. The lowest BCUT2D eigenvalue weighted by Crippen LogP contribution is -2.20. The summed E-state index contributed by atoms with van der Waals surface area (Å²) in [5.74, 6) is 2.27. The fourth-order valence-electron chi connectivity index (χ4n) is 1.74. The van der Waals surface area contributed by atoms with Crippen molar-refractivity contribution in [3.8, 4) is 5.75 Å². The molecule has 1 aromatic rings. The van der Waals surface area contributed by atoms with Gasteiger partial charge in [-0.15, -0.1) is 11.8 Å². The van der Waals surface area contributed by atoms with Gasteiger partial charge in [0.2, 0.25) is 0 Å². The number of hydrogen-bond acceptors (Lipinski definition) is 4. The van der Waals surface area contributed by atoms with Crippen LogP contribution < -0.4 is 4.74 Å². The van der Waals surface area contributed by atoms with Gasteiger partial charge in [-0.3, -0.25) is 0 Å². The van der Waals surface area contributed by atoms with Crippen LogP contribution in [0.15, 0.2) is 29.2 Å². The number of benzene rings is 1. The summed E-state index contributed by atoms with van der Waals surface area (Å²) >= 11 is 1.78. The molecule has 1 heterocycles. The zero-order valence-electron chi connectivity index (χ0n) is 10.2. The average molecular weight is 254 g/mol. The summed E-state index contributed by atoms with van der Waals surface area (Å²) in [5.41, 5.74) is 0. The van der Waals surface area contributed by atoms with Gasteiger partial charge in [0.15, 0.2) is 6.29 Å². The lowest BCUT2D eigenvalue weighted by atomic mass is 10.2. The molecule has 94 valence electrons. The zero-order valence-corrected chi connectivity index (χ0v) is 11.0. The summed E-state index contributed by atoms with van der Waals surface area (Å²) in [4.78, 5) is 1.17. The molecule has 1 aromatic carbocycles. The fraction of sp³-hybridized carbons (Fsp3) is 0.538. The van der Waals surface area contributed by atoms with Crippen molar-refractivity contribution in [3.63, 3.8) is 0 Å². The third-order valence-electron chi connectivity index (χ3n) is 2.68. The van der Waals surface area contributed by atoms with Crippen molar-refractivity contribution in [1.82, 2.24) is 0 Å². The van der Waals surface area contributed by atoms with Gasteiger partial charge in [0, 0.05) is 16.6 Å². The Balaban J connectivity index is 1.88. The molecular formula is C13H18O3S. The quantitative estimate of drug-likeness (QED) is 0.755. The van der Waals surface area contributed by atoms with Crippen molar-refractivity contribution in [3.05, 3.63) is 24.3 Å². The van der Waals surface area contributed by atoms with Crippen molar-refractivity contribution in [2.24, 2.45) is 5.92 Å². The highest BCUT2D eigenvalue weighted by Gasteiger charge is 2.23. The van der Waals surface area contributed by atoms with Crippen LogP contribution in [0.2, 0.25) is 0 Å². The third kappa shape index (κ3) is 3.37. The molecule has 0 bridgehead atoms. The molecular weight excluding hydrogens is 236 g/mol. The number of para-hydroxylation sites is 1. The van der Waals surface area contributed by atoms with E-state index in [4.69, 9.17) is 14.2 Å². The molecule has 1 atom stereocenters. The van der Waals surface area contributed by atoms with Crippen molar-refractivity contribution in [2.75, 3.05) is 26.1 Å². The Hall–Kier alpha value is -0.710. The van der Waals surface area contributed by atoms with Crippen LogP contribution in [0, 0.1) is 5.92 Å². The van der Waals surface area contributed by atoms with Gasteiger partial charge in [-0.2, -0.15) is 0 Å². The maximum atomic E-state index is 5.49. The Labute approximate surface area is 106 Å². The van der Waals surface area contributed by atoms with E-state index in [9.17, 15) is 0 Å². The van der Waals surface area contributed by atoms with Crippen LogP contribution in [0.5, 0.6) is 5.75 Å². The molecule has 0 N–H and O–H groups in total. The first-order valence-electron chi connectivity index (χ1n) is 5.80. The van der Waals surface area contributed by atoms with Gasteiger partial charge < -0.3 is 14.2 Å². The summed E-state index contributed by atoms with van der Waals surface area (Å²) < 4.78 is 16.3. The van der Waals surface area contributed by atoms with E-state index < -0.39 is 0 Å². The molecule has 1 aliphatic heterocycles. The molecule has 0 aromatic heterocycles. The molecule has 0 spiro atoms. The standard InChI is InChI=1S/C13H18O3S/c1-10(13-15-7-8-16-13)9-17-12-6-4-3-5-11(12)14-2/h3-6,10,13H,7-9H2,1-2H3. The first-order chi connectivity index (χ1) is 8.31. The van der Waals surface area contributed by atoms with Crippen LogP contribution in [0.4, 0.5) is 0 Å². The van der Waals surface area contributed by atoms with E-state index in [0.29, 0.717) is 19.1 Å². The minimum Gasteiger partial charge on any atom is -0.496 e. The van der Waals surface area contributed by atoms with Crippen molar-refractivity contribution < 1.29 is 14.2 Å². The number of methoxy groups -OCH3 is 1. The minimum absolute atomic E-state index is 0.0443. The molecule has 2 rings (SSSR count). The Kier molecular flexibility index (Phi) is 4.71. The zero-order chi connectivity index (χ0) is 12.1. The molecule has 3 nitrogen and oxygen atoms in total. The summed E-state index contributed by atoms with van der Waals surface area (Å²) in [6, 6.07) is 8.07. The second kappa shape index (κ2) is 6.28. The smallest absolute Gasteiger partial charge is 0.161 e. The highest BCUT2D eigenvalue weighted by molar-refractivity contribution is 7.99. The average Bonchev–Trinajstić information content (AvgIpc) is 2.90. The molecule has 1 saturated heterocycles. The summed E-state index contributed by atoms with van der Waals surface area (Å²) in [5, 5.41) is 0. The summed E-state index contributed by atoms with van der Waals surface area (Å²) in [6.45, 7) is 3.58. The normalized spacial score (nSPS) is 18.2. The van der Waals surface area contributed by atoms with E-state index in [1.54, 1.807) is 18.9 Å². The SMILES string of the molecule is COc1ccccc1SCC(C)C1OCCO1. The Morgan fingerprint density at radius 3 is 2.76 bits per heavy atom. The largest absolute Gasteiger partial charge is 0.496 e. The van der Waals surface area contributed by atoms with Crippen molar-refractivity contribution in [1.29, 1.82) is 0 Å². The highest BCUT2D eigenvalue weighted by atomic mass is 32.2. The van der Waals surface area contributed by atoms with Gasteiger partial charge in [0.05, 0.1) is 20.3 Å².